The lowest BCUT2D eigenvalue weighted by Crippen LogP contribution is -2.52. The highest BCUT2D eigenvalue weighted by Crippen LogP contribution is 2.34. The van der Waals surface area contributed by atoms with Crippen LogP contribution in [0.4, 0.5) is 0 Å². The van der Waals surface area contributed by atoms with Gasteiger partial charge in [0.25, 0.3) is 0 Å². The minimum atomic E-state index is -0.920. The second kappa shape index (κ2) is 7.75. The van der Waals surface area contributed by atoms with E-state index in [1.807, 2.05) is 27.7 Å². The molecule has 0 radical (unpaired) electrons. The summed E-state index contributed by atoms with van der Waals surface area (Å²) in [6, 6.07) is 0. The Balaban J connectivity index is 2.82. The average Bonchev–Trinajstić information content (AvgIpc) is 2.39. The normalized spacial score (nSPS) is 34.2. The lowest BCUT2D eigenvalue weighted by Gasteiger charge is -2.43. The van der Waals surface area contributed by atoms with Crippen molar-refractivity contribution in [3.05, 3.63) is 0 Å². The molecule has 0 saturated carbocycles. The van der Waals surface area contributed by atoms with E-state index in [1.165, 1.54) is 6.92 Å². The molecule has 6 atom stereocenters. The molecule has 0 aliphatic carbocycles. The maximum Gasteiger partial charge on any atom is 0.305 e. The van der Waals surface area contributed by atoms with Gasteiger partial charge in [0.2, 0.25) is 0 Å². The number of aliphatic carboxylic acids is 1. The highest BCUT2D eigenvalue weighted by atomic mass is 16.7. The molecule has 3 unspecified atom stereocenters. The molecule has 0 amide bonds. The fourth-order valence-corrected chi connectivity index (χ4v) is 2.52. The summed E-state index contributed by atoms with van der Waals surface area (Å²) in [5.41, 5.74) is 0. The van der Waals surface area contributed by atoms with Crippen LogP contribution in [0.15, 0.2) is 0 Å². The lowest BCUT2D eigenvalue weighted by atomic mass is 9.84. The first-order valence-corrected chi connectivity index (χ1v) is 7.46. The van der Waals surface area contributed by atoms with E-state index in [0.717, 1.165) is 0 Å². The topological polar surface area (TPSA) is 82.1 Å². The van der Waals surface area contributed by atoms with E-state index >= 15 is 0 Å². The second-order valence-electron chi connectivity index (χ2n) is 5.77. The van der Waals surface area contributed by atoms with E-state index in [0.29, 0.717) is 6.42 Å². The largest absolute Gasteiger partial charge is 0.481 e. The van der Waals surface area contributed by atoms with Crippen LogP contribution in [0.1, 0.15) is 47.5 Å². The number of carbonyl (C=O) groups excluding carboxylic acids is 1. The van der Waals surface area contributed by atoms with Gasteiger partial charge in [-0.15, -0.1) is 0 Å². The zero-order chi connectivity index (χ0) is 16.2. The molecule has 1 aliphatic heterocycles. The number of ether oxygens (including phenoxy) is 3. The maximum atomic E-state index is 11.3. The third-order valence-electron chi connectivity index (χ3n) is 4.19. The molecule has 1 N–H and O–H groups in total. The van der Waals surface area contributed by atoms with E-state index in [4.69, 9.17) is 19.3 Å². The maximum absolute atomic E-state index is 11.3. The number of carboxylic acid groups (broad SMARTS) is 1. The fourth-order valence-electron chi connectivity index (χ4n) is 2.52. The van der Waals surface area contributed by atoms with Gasteiger partial charge in [-0.25, -0.2) is 0 Å². The molecule has 1 aliphatic rings. The van der Waals surface area contributed by atoms with Crippen LogP contribution in [-0.2, 0) is 23.8 Å². The third-order valence-corrected chi connectivity index (χ3v) is 4.19. The standard InChI is InChI=1S/C15H26O6/c1-6-12(7-13(17)18)21-15-14(20-11(5)16)9(3)8(2)10(4)19-15/h8-10,12,14-15H,6-7H2,1-5H3,(H,17,18)/t8-,9?,10?,12?,14+,15+/m1/s1. The van der Waals surface area contributed by atoms with E-state index < -0.39 is 30.4 Å². The van der Waals surface area contributed by atoms with Gasteiger partial charge in [0.05, 0.1) is 18.6 Å². The van der Waals surface area contributed by atoms with E-state index in [1.54, 1.807) is 0 Å². The van der Waals surface area contributed by atoms with Gasteiger partial charge in [0.15, 0.2) is 12.4 Å². The zero-order valence-corrected chi connectivity index (χ0v) is 13.4. The number of rotatable bonds is 6. The SMILES string of the molecule is CCC(CC(=O)O)O[C@@H]1OC(C)[C@H](C)C(C)[C@@H]1OC(C)=O. The fraction of sp³-hybridized carbons (Fsp3) is 0.867. The van der Waals surface area contributed by atoms with Crippen LogP contribution in [-0.4, -0.2) is 41.6 Å². The van der Waals surface area contributed by atoms with Crippen LogP contribution >= 0.6 is 0 Å². The van der Waals surface area contributed by atoms with Crippen LogP contribution in [0.3, 0.4) is 0 Å². The average molecular weight is 302 g/mol. The first-order chi connectivity index (χ1) is 9.76. The molecule has 1 fully saturated rings. The number of hydrogen-bond donors (Lipinski definition) is 1. The Kier molecular flexibility index (Phi) is 6.61. The third kappa shape index (κ3) is 4.97. The van der Waals surface area contributed by atoms with Crippen LogP contribution in [0, 0.1) is 11.8 Å². The van der Waals surface area contributed by atoms with Crippen molar-refractivity contribution < 1.29 is 28.9 Å². The second-order valence-corrected chi connectivity index (χ2v) is 5.77. The molecule has 6 nitrogen and oxygen atoms in total. The Bertz CT molecular complexity index is 369. The van der Waals surface area contributed by atoms with E-state index in [-0.39, 0.29) is 24.4 Å². The predicted molar refractivity (Wildman–Crippen MR) is 75.6 cm³/mol. The molecule has 1 heterocycles. The summed E-state index contributed by atoms with van der Waals surface area (Å²) in [4.78, 5) is 22.1. The Morgan fingerprint density at radius 1 is 1.24 bits per heavy atom. The van der Waals surface area contributed by atoms with Gasteiger partial charge in [0.1, 0.15) is 0 Å². The van der Waals surface area contributed by atoms with E-state index in [9.17, 15) is 9.59 Å². The smallest absolute Gasteiger partial charge is 0.305 e. The Labute approximate surface area is 125 Å². The van der Waals surface area contributed by atoms with Crippen LogP contribution < -0.4 is 0 Å². The molecule has 21 heavy (non-hydrogen) atoms. The van der Waals surface area contributed by atoms with Crippen molar-refractivity contribution in [3.8, 4) is 0 Å². The monoisotopic (exact) mass is 302 g/mol. The zero-order valence-electron chi connectivity index (χ0n) is 13.4. The molecule has 1 saturated heterocycles. The van der Waals surface area contributed by atoms with Crippen LogP contribution in [0.5, 0.6) is 0 Å². The quantitative estimate of drug-likeness (QED) is 0.757. The van der Waals surface area contributed by atoms with Crippen molar-refractivity contribution in [2.24, 2.45) is 11.8 Å². The van der Waals surface area contributed by atoms with Gasteiger partial charge in [-0.1, -0.05) is 20.8 Å². The molecule has 0 spiro atoms. The lowest BCUT2D eigenvalue weighted by molar-refractivity contribution is -0.284. The Morgan fingerprint density at radius 2 is 1.86 bits per heavy atom. The molecule has 0 aromatic carbocycles. The Hall–Kier alpha value is -1.14. The Morgan fingerprint density at radius 3 is 2.33 bits per heavy atom. The summed E-state index contributed by atoms with van der Waals surface area (Å²) in [6.07, 6.45) is -1.29. The van der Waals surface area contributed by atoms with Gasteiger partial charge in [-0.3, -0.25) is 9.59 Å². The van der Waals surface area contributed by atoms with Crippen LogP contribution in [0.25, 0.3) is 0 Å². The van der Waals surface area contributed by atoms with Gasteiger partial charge in [-0.05, 0) is 19.3 Å². The van der Waals surface area contributed by atoms with Gasteiger partial charge in [0, 0.05) is 12.8 Å². The molecule has 1 rings (SSSR count). The minimum absolute atomic E-state index is 0.0425. The summed E-state index contributed by atoms with van der Waals surface area (Å²) in [6.45, 7) is 9.18. The summed E-state index contributed by atoms with van der Waals surface area (Å²) in [5, 5.41) is 8.90. The number of hydrogen-bond acceptors (Lipinski definition) is 5. The molecule has 0 aromatic heterocycles. The summed E-state index contributed by atoms with van der Waals surface area (Å²) >= 11 is 0. The first kappa shape index (κ1) is 17.9. The number of carboxylic acids is 1. The molecular formula is C15H26O6. The van der Waals surface area contributed by atoms with Crippen molar-refractivity contribution >= 4 is 11.9 Å². The number of carbonyl (C=O) groups is 2. The molecular weight excluding hydrogens is 276 g/mol. The predicted octanol–water partition coefficient (Wildman–Crippen LogP) is 2.21. The molecule has 122 valence electrons. The van der Waals surface area contributed by atoms with Gasteiger partial charge < -0.3 is 19.3 Å². The highest BCUT2D eigenvalue weighted by Gasteiger charge is 2.43. The van der Waals surface area contributed by atoms with Crippen molar-refractivity contribution in [1.29, 1.82) is 0 Å². The van der Waals surface area contributed by atoms with Crippen molar-refractivity contribution in [2.45, 2.75) is 72.1 Å². The van der Waals surface area contributed by atoms with Crippen LogP contribution in [0.2, 0.25) is 0 Å². The summed E-state index contributed by atoms with van der Waals surface area (Å²) < 4.78 is 16.9. The first-order valence-electron chi connectivity index (χ1n) is 7.46. The summed E-state index contributed by atoms with van der Waals surface area (Å²) in [5.74, 6) is -1.02. The minimum Gasteiger partial charge on any atom is -0.481 e. The number of esters is 1. The molecule has 0 bridgehead atoms. The van der Waals surface area contributed by atoms with Crippen molar-refractivity contribution in [1.82, 2.24) is 0 Å². The highest BCUT2D eigenvalue weighted by molar-refractivity contribution is 5.67. The van der Waals surface area contributed by atoms with E-state index in [2.05, 4.69) is 0 Å². The molecule has 6 heteroatoms. The van der Waals surface area contributed by atoms with Crippen molar-refractivity contribution in [2.75, 3.05) is 0 Å². The molecule has 0 aromatic rings. The van der Waals surface area contributed by atoms with Gasteiger partial charge >= 0.3 is 11.9 Å². The van der Waals surface area contributed by atoms with Crippen molar-refractivity contribution in [3.63, 3.8) is 0 Å². The van der Waals surface area contributed by atoms with Gasteiger partial charge in [-0.2, -0.15) is 0 Å². The summed E-state index contributed by atoms with van der Waals surface area (Å²) in [7, 11) is 0.